The number of aromatic nitrogens is 1. The summed E-state index contributed by atoms with van der Waals surface area (Å²) < 4.78 is 6.98. The van der Waals surface area contributed by atoms with Crippen LogP contribution in [0.1, 0.15) is 12.0 Å². The van der Waals surface area contributed by atoms with Crippen molar-refractivity contribution in [2.75, 3.05) is 12.4 Å². The van der Waals surface area contributed by atoms with E-state index in [4.69, 9.17) is 27.9 Å². The first-order valence-corrected chi connectivity index (χ1v) is 9.07. The summed E-state index contributed by atoms with van der Waals surface area (Å²) in [6.45, 7) is 2.10. The van der Waals surface area contributed by atoms with E-state index in [1.54, 1.807) is 42.0 Å². The van der Waals surface area contributed by atoms with Crippen molar-refractivity contribution < 1.29 is 9.53 Å². The first kappa shape index (κ1) is 19.3. The van der Waals surface area contributed by atoms with Gasteiger partial charge in [0.05, 0.1) is 12.6 Å². The number of aryl methyl sites for hydroxylation is 2. The number of anilines is 1. The molecule has 140 valence electrons. The van der Waals surface area contributed by atoms with Crippen LogP contribution in [0.5, 0.6) is 5.75 Å². The highest BCUT2D eigenvalue weighted by molar-refractivity contribution is 6.35. The second kappa shape index (κ2) is 8.03. The molecule has 2 aromatic carbocycles. The predicted octanol–water partition coefficient (Wildman–Crippen LogP) is 4.65. The number of nitrogens with zero attached hydrogens (tertiary/aromatic N) is 1. The Labute approximate surface area is 166 Å². The number of hydrogen-bond acceptors (Lipinski definition) is 3. The number of fused-ring (bicyclic) bond motifs is 1. The van der Waals surface area contributed by atoms with Gasteiger partial charge in [0, 0.05) is 40.2 Å². The van der Waals surface area contributed by atoms with Crippen LogP contribution in [0, 0.1) is 6.92 Å². The summed E-state index contributed by atoms with van der Waals surface area (Å²) in [5.74, 6) is 0.346. The summed E-state index contributed by atoms with van der Waals surface area (Å²) in [7, 11) is 1.56. The molecule has 0 aliphatic carbocycles. The number of benzene rings is 2. The summed E-state index contributed by atoms with van der Waals surface area (Å²) >= 11 is 11.9. The van der Waals surface area contributed by atoms with Crippen molar-refractivity contribution >= 4 is 45.7 Å². The summed E-state index contributed by atoms with van der Waals surface area (Å²) in [5.41, 5.74) is 1.88. The Bertz CT molecular complexity index is 1060. The number of carbonyl (C=O) groups is 1. The number of halogens is 2. The number of para-hydroxylation sites is 1. The highest BCUT2D eigenvalue weighted by Crippen LogP contribution is 2.27. The van der Waals surface area contributed by atoms with Gasteiger partial charge >= 0.3 is 0 Å². The molecule has 0 atom stereocenters. The van der Waals surface area contributed by atoms with Crippen molar-refractivity contribution in [2.45, 2.75) is 19.9 Å². The van der Waals surface area contributed by atoms with E-state index in [1.807, 2.05) is 19.1 Å². The number of ether oxygens (including phenoxy) is 1. The van der Waals surface area contributed by atoms with E-state index in [0.29, 0.717) is 27.0 Å². The highest BCUT2D eigenvalue weighted by Gasteiger charge is 2.13. The van der Waals surface area contributed by atoms with Crippen molar-refractivity contribution in [1.29, 1.82) is 0 Å². The van der Waals surface area contributed by atoms with Crippen LogP contribution >= 0.6 is 23.2 Å². The van der Waals surface area contributed by atoms with Gasteiger partial charge < -0.3 is 14.6 Å². The first-order chi connectivity index (χ1) is 12.9. The molecule has 1 aromatic heterocycles. The maximum absolute atomic E-state index is 12.5. The Morgan fingerprint density at radius 3 is 2.52 bits per heavy atom. The lowest BCUT2D eigenvalue weighted by atomic mass is 10.1. The highest BCUT2D eigenvalue weighted by atomic mass is 35.5. The number of carbonyl (C=O) groups excluding carboxylic acids is 1. The molecule has 0 fully saturated rings. The van der Waals surface area contributed by atoms with Gasteiger partial charge in [0.1, 0.15) is 5.75 Å². The van der Waals surface area contributed by atoms with Gasteiger partial charge in [-0.25, -0.2) is 0 Å². The maximum atomic E-state index is 12.5. The smallest absolute Gasteiger partial charge is 0.251 e. The quantitative estimate of drug-likeness (QED) is 0.672. The normalized spacial score (nSPS) is 10.8. The van der Waals surface area contributed by atoms with Gasteiger partial charge in [0.25, 0.3) is 5.56 Å². The van der Waals surface area contributed by atoms with Gasteiger partial charge in [-0.05, 0) is 36.8 Å². The summed E-state index contributed by atoms with van der Waals surface area (Å²) in [6, 6.07) is 12.0. The minimum Gasteiger partial charge on any atom is -0.495 e. The van der Waals surface area contributed by atoms with Crippen LogP contribution in [0.4, 0.5) is 5.69 Å². The van der Waals surface area contributed by atoms with Crippen LogP contribution in [0.15, 0.2) is 47.3 Å². The molecule has 0 bridgehead atoms. The SMILES string of the molecule is COc1cccc2c(C)cc(=O)n(CCC(=O)Nc3cc(Cl)cc(Cl)c3)c12. The standard InChI is InChI=1S/C20H18Cl2N2O3/c1-12-8-19(26)24(20-16(12)4-3-5-17(20)27-2)7-6-18(25)23-15-10-13(21)9-14(22)11-15/h3-5,8-11H,6-7H2,1-2H3,(H,23,25). The molecular formula is C20H18Cl2N2O3. The Morgan fingerprint density at radius 1 is 1.15 bits per heavy atom. The molecule has 1 N–H and O–H groups in total. The number of pyridine rings is 1. The molecule has 0 unspecified atom stereocenters. The van der Waals surface area contributed by atoms with E-state index in [0.717, 1.165) is 10.9 Å². The zero-order chi connectivity index (χ0) is 19.6. The number of hydrogen-bond donors (Lipinski definition) is 1. The van der Waals surface area contributed by atoms with Crippen molar-refractivity contribution in [3.05, 3.63) is 68.4 Å². The molecule has 7 heteroatoms. The Hall–Kier alpha value is -2.50. The first-order valence-electron chi connectivity index (χ1n) is 8.32. The lowest BCUT2D eigenvalue weighted by Gasteiger charge is -2.15. The molecule has 0 aliphatic rings. The molecule has 3 rings (SSSR count). The second-order valence-electron chi connectivity index (χ2n) is 6.13. The van der Waals surface area contributed by atoms with Crippen LogP contribution in [0.3, 0.4) is 0 Å². The van der Waals surface area contributed by atoms with Crippen LogP contribution in [0.2, 0.25) is 10.0 Å². The van der Waals surface area contributed by atoms with Crippen molar-refractivity contribution in [2.24, 2.45) is 0 Å². The molecule has 3 aromatic rings. The van der Waals surface area contributed by atoms with Crippen molar-refractivity contribution in [1.82, 2.24) is 4.57 Å². The predicted molar refractivity (Wildman–Crippen MR) is 109 cm³/mol. The van der Waals surface area contributed by atoms with E-state index < -0.39 is 0 Å². The third kappa shape index (κ3) is 4.26. The summed E-state index contributed by atoms with van der Waals surface area (Å²) in [5, 5.41) is 4.53. The minimum absolute atomic E-state index is 0.111. The molecule has 0 spiro atoms. The molecule has 0 aliphatic heterocycles. The zero-order valence-electron chi connectivity index (χ0n) is 14.9. The molecule has 0 saturated carbocycles. The fourth-order valence-electron chi connectivity index (χ4n) is 3.02. The Balaban J connectivity index is 1.86. The lowest BCUT2D eigenvalue weighted by molar-refractivity contribution is -0.116. The zero-order valence-corrected chi connectivity index (χ0v) is 16.4. The summed E-state index contributed by atoms with van der Waals surface area (Å²) in [4.78, 5) is 24.9. The third-order valence-corrected chi connectivity index (χ3v) is 4.66. The van der Waals surface area contributed by atoms with Crippen molar-refractivity contribution in [3.63, 3.8) is 0 Å². The van der Waals surface area contributed by atoms with Gasteiger partial charge in [0.2, 0.25) is 5.91 Å². The van der Waals surface area contributed by atoms with E-state index in [9.17, 15) is 9.59 Å². The Morgan fingerprint density at radius 2 is 1.85 bits per heavy atom. The molecular weight excluding hydrogens is 387 g/mol. The van der Waals surface area contributed by atoms with Gasteiger partial charge in [0.15, 0.2) is 0 Å². The molecule has 5 nitrogen and oxygen atoms in total. The van der Waals surface area contributed by atoms with Crippen LogP contribution in [0.25, 0.3) is 10.9 Å². The van der Waals surface area contributed by atoms with Crippen LogP contribution in [-0.4, -0.2) is 17.6 Å². The summed E-state index contributed by atoms with van der Waals surface area (Å²) in [6.07, 6.45) is 0.111. The van der Waals surface area contributed by atoms with Gasteiger partial charge in [-0.3, -0.25) is 9.59 Å². The number of methoxy groups -OCH3 is 1. The molecule has 1 heterocycles. The molecule has 1 amide bonds. The number of nitrogens with one attached hydrogen (secondary N) is 1. The van der Waals surface area contributed by atoms with Gasteiger partial charge in [-0.2, -0.15) is 0 Å². The molecule has 27 heavy (non-hydrogen) atoms. The van der Waals surface area contributed by atoms with E-state index in [-0.39, 0.29) is 24.4 Å². The van der Waals surface area contributed by atoms with Gasteiger partial charge in [-0.1, -0.05) is 35.3 Å². The fraction of sp³-hybridized carbons (Fsp3) is 0.200. The minimum atomic E-state index is -0.246. The van der Waals surface area contributed by atoms with E-state index in [1.165, 1.54) is 0 Å². The second-order valence-corrected chi connectivity index (χ2v) is 7.00. The monoisotopic (exact) mass is 404 g/mol. The van der Waals surface area contributed by atoms with E-state index in [2.05, 4.69) is 5.32 Å². The maximum Gasteiger partial charge on any atom is 0.251 e. The number of rotatable bonds is 5. The molecule has 0 saturated heterocycles. The third-order valence-electron chi connectivity index (χ3n) is 4.23. The fourth-order valence-corrected chi connectivity index (χ4v) is 3.55. The average molecular weight is 405 g/mol. The van der Waals surface area contributed by atoms with Crippen LogP contribution < -0.4 is 15.6 Å². The van der Waals surface area contributed by atoms with E-state index >= 15 is 0 Å². The lowest BCUT2D eigenvalue weighted by Crippen LogP contribution is -2.24. The van der Waals surface area contributed by atoms with Crippen LogP contribution in [-0.2, 0) is 11.3 Å². The molecule has 0 radical (unpaired) electrons. The van der Waals surface area contributed by atoms with Gasteiger partial charge in [-0.15, -0.1) is 0 Å². The topological polar surface area (TPSA) is 60.3 Å². The largest absolute Gasteiger partial charge is 0.495 e. The van der Waals surface area contributed by atoms with Crippen molar-refractivity contribution in [3.8, 4) is 5.75 Å². The Kier molecular flexibility index (Phi) is 5.73. The number of amides is 1. The average Bonchev–Trinajstić information content (AvgIpc) is 2.60.